The number of aromatic amines is 1. The Balaban J connectivity index is 1.16. The molecule has 1 aliphatic heterocycles. The van der Waals surface area contributed by atoms with Crippen LogP contribution in [0, 0.1) is 0 Å². The lowest BCUT2D eigenvalue weighted by Gasteiger charge is -2.39. The minimum absolute atomic E-state index is 0.236. The van der Waals surface area contributed by atoms with Gasteiger partial charge in [-0.05, 0) is 72.0 Å². The molecular formula is C29H34N2O4. The van der Waals surface area contributed by atoms with Crippen molar-refractivity contribution in [1.82, 2.24) is 9.88 Å². The van der Waals surface area contributed by atoms with Gasteiger partial charge in [-0.25, -0.2) is 0 Å². The third-order valence-electron chi connectivity index (χ3n) is 6.96. The number of nitrogens with one attached hydrogen (secondary N) is 1. The fourth-order valence-corrected chi connectivity index (χ4v) is 4.94. The molecule has 6 heteroatoms. The Morgan fingerprint density at radius 1 is 1.00 bits per heavy atom. The van der Waals surface area contributed by atoms with Crippen LogP contribution in [0.4, 0.5) is 0 Å². The Labute approximate surface area is 206 Å². The molecule has 184 valence electrons. The molecule has 4 aromatic rings. The zero-order chi connectivity index (χ0) is 24.3. The van der Waals surface area contributed by atoms with Gasteiger partial charge in [0.25, 0.3) is 0 Å². The fraction of sp³-hybridized carbons (Fsp3) is 0.379. The Hall–Kier alpha value is -3.06. The number of hydrogen-bond acceptors (Lipinski definition) is 5. The molecule has 3 aromatic carbocycles. The summed E-state index contributed by atoms with van der Waals surface area (Å²) in [6, 6.07) is 20.2. The van der Waals surface area contributed by atoms with E-state index in [0.29, 0.717) is 26.0 Å². The molecule has 0 amide bonds. The summed E-state index contributed by atoms with van der Waals surface area (Å²) >= 11 is 0. The molecule has 1 aromatic heterocycles. The van der Waals surface area contributed by atoms with Crippen LogP contribution >= 0.6 is 0 Å². The molecule has 0 radical (unpaired) electrons. The third kappa shape index (κ3) is 5.30. The fourth-order valence-electron chi connectivity index (χ4n) is 4.94. The first kappa shape index (κ1) is 23.7. The number of rotatable bonds is 9. The molecular weight excluding hydrogens is 440 g/mol. The third-order valence-corrected chi connectivity index (χ3v) is 6.96. The summed E-state index contributed by atoms with van der Waals surface area (Å²) in [5.41, 5.74) is 1.12. The first-order chi connectivity index (χ1) is 17.0. The minimum Gasteiger partial charge on any atom is -0.494 e. The van der Waals surface area contributed by atoms with E-state index < -0.39 is 11.7 Å². The summed E-state index contributed by atoms with van der Waals surface area (Å²) in [7, 11) is 0. The van der Waals surface area contributed by atoms with Crippen molar-refractivity contribution < 1.29 is 19.7 Å². The first-order valence-electron chi connectivity index (χ1n) is 12.5. The molecule has 2 heterocycles. The minimum atomic E-state index is -0.854. The van der Waals surface area contributed by atoms with Gasteiger partial charge in [-0.3, -0.25) is 0 Å². The standard InChI is InChI=1S/C29H34N2O4/c1-2-16-34-25-9-7-21-17-23(8-6-22(21)18-25)29(33)11-14-31(15-12-29)19-24(32)20-35-28-5-3-4-27-26(28)10-13-30-27/h3-10,13,17-18,24,30,32-33H,2,11-12,14-16,19-20H2,1H3/t24-/m0/s1. The number of ether oxygens (including phenoxy) is 2. The highest BCUT2D eigenvalue weighted by molar-refractivity contribution is 5.86. The molecule has 0 bridgehead atoms. The van der Waals surface area contributed by atoms with Gasteiger partial charge in [0.2, 0.25) is 0 Å². The SMILES string of the molecule is CCCOc1ccc2cc(C3(O)CCN(C[C@H](O)COc4cccc5[nH]ccc45)CC3)ccc2c1. The largest absolute Gasteiger partial charge is 0.494 e. The molecule has 1 saturated heterocycles. The predicted molar refractivity (Wildman–Crippen MR) is 139 cm³/mol. The van der Waals surface area contributed by atoms with E-state index in [9.17, 15) is 10.2 Å². The first-order valence-corrected chi connectivity index (χ1v) is 12.5. The molecule has 0 saturated carbocycles. The number of nitrogens with zero attached hydrogens (tertiary/aromatic N) is 1. The maximum absolute atomic E-state index is 11.4. The van der Waals surface area contributed by atoms with Gasteiger partial charge in [-0.15, -0.1) is 0 Å². The van der Waals surface area contributed by atoms with Crippen molar-refractivity contribution in [2.75, 3.05) is 32.8 Å². The summed E-state index contributed by atoms with van der Waals surface area (Å²) < 4.78 is 11.7. The highest BCUT2D eigenvalue weighted by Gasteiger charge is 2.34. The summed E-state index contributed by atoms with van der Waals surface area (Å²) in [4.78, 5) is 5.38. The molecule has 0 unspecified atom stereocenters. The van der Waals surface area contributed by atoms with Crippen LogP contribution in [0.1, 0.15) is 31.7 Å². The average molecular weight is 475 g/mol. The van der Waals surface area contributed by atoms with E-state index >= 15 is 0 Å². The van der Waals surface area contributed by atoms with E-state index in [4.69, 9.17) is 9.47 Å². The Morgan fingerprint density at radius 2 is 1.80 bits per heavy atom. The summed E-state index contributed by atoms with van der Waals surface area (Å²) in [6.45, 7) is 5.02. The van der Waals surface area contributed by atoms with Crippen molar-refractivity contribution in [3.05, 3.63) is 72.4 Å². The lowest BCUT2D eigenvalue weighted by atomic mass is 9.83. The second kappa shape index (κ2) is 10.3. The monoisotopic (exact) mass is 474 g/mol. The molecule has 1 fully saturated rings. The number of H-pyrrole nitrogens is 1. The number of piperidine rings is 1. The summed E-state index contributed by atoms with van der Waals surface area (Å²) in [5, 5.41) is 25.2. The van der Waals surface area contributed by atoms with E-state index in [1.165, 1.54) is 0 Å². The van der Waals surface area contributed by atoms with Crippen molar-refractivity contribution in [1.29, 1.82) is 0 Å². The molecule has 1 aliphatic rings. The van der Waals surface area contributed by atoms with Gasteiger partial charge in [0.15, 0.2) is 0 Å². The number of fused-ring (bicyclic) bond motifs is 2. The normalized spacial score (nSPS) is 17.0. The van der Waals surface area contributed by atoms with Crippen LogP contribution in [-0.4, -0.2) is 59.0 Å². The molecule has 0 spiro atoms. The lowest BCUT2D eigenvalue weighted by Crippen LogP contribution is -2.46. The molecule has 3 N–H and O–H groups in total. The number of aliphatic hydroxyl groups is 2. The average Bonchev–Trinajstić information content (AvgIpc) is 3.37. The second-order valence-electron chi connectivity index (χ2n) is 9.56. The topological polar surface area (TPSA) is 78.0 Å². The van der Waals surface area contributed by atoms with Crippen LogP contribution in [0.25, 0.3) is 21.7 Å². The van der Waals surface area contributed by atoms with E-state index in [-0.39, 0.29) is 6.61 Å². The van der Waals surface area contributed by atoms with Crippen molar-refractivity contribution in [2.45, 2.75) is 37.9 Å². The predicted octanol–water partition coefficient (Wildman–Crippen LogP) is 4.83. The van der Waals surface area contributed by atoms with Gasteiger partial charge in [-0.2, -0.15) is 0 Å². The number of hydrogen-bond donors (Lipinski definition) is 3. The number of likely N-dealkylation sites (tertiary alicyclic amines) is 1. The van der Waals surface area contributed by atoms with Crippen LogP contribution in [0.2, 0.25) is 0 Å². The molecule has 5 rings (SSSR count). The van der Waals surface area contributed by atoms with Crippen molar-refractivity contribution in [3.8, 4) is 11.5 Å². The zero-order valence-electron chi connectivity index (χ0n) is 20.2. The van der Waals surface area contributed by atoms with E-state index in [2.05, 4.69) is 41.1 Å². The van der Waals surface area contributed by atoms with Crippen molar-refractivity contribution in [2.24, 2.45) is 0 Å². The highest BCUT2D eigenvalue weighted by atomic mass is 16.5. The second-order valence-corrected chi connectivity index (χ2v) is 9.56. The van der Waals surface area contributed by atoms with E-state index in [1.54, 1.807) is 0 Å². The maximum atomic E-state index is 11.4. The van der Waals surface area contributed by atoms with E-state index in [1.807, 2.05) is 42.6 Å². The van der Waals surface area contributed by atoms with Gasteiger partial charge >= 0.3 is 0 Å². The lowest BCUT2D eigenvalue weighted by molar-refractivity contribution is -0.0371. The Bertz CT molecular complexity index is 1280. The number of aliphatic hydroxyl groups excluding tert-OH is 1. The van der Waals surface area contributed by atoms with Gasteiger partial charge < -0.3 is 29.6 Å². The van der Waals surface area contributed by atoms with Crippen LogP contribution in [0.15, 0.2) is 66.9 Å². The molecule has 0 aliphatic carbocycles. The van der Waals surface area contributed by atoms with Crippen molar-refractivity contribution >= 4 is 21.7 Å². The highest BCUT2D eigenvalue weighted by Crippen LogP contribution is 2.35. The Morgan fingerprint density at radius 3 is 2.63 bits per heavy atom. The molecule has 1 atom stereocenters. The maximum Gasteiger partial charge on any atom is 0.128 e. The van der Waals surface area contributed by atoms with Crippen molar-refractivity contribution in [3.63, 3.8) is 0 Å². The zero-order valence-corrected chi connectivity index (χ0v) is 20.2. The van der Waals surface area contributed by atoms with Crippen LogP contribution in [0.5, 0.6) is 11.5 Å². The van der Waals surface area contributed by atoms with Crippen LogP contribution in [0.3, 0.4) is 0 Å². The molecule has 6 nitrogen and oxygen atoms in total. The van der Waals surface area contributed by atoms with Gasteiger partial charge in [0.05, 0.1) is 12.2 Å². The number of β-amino-alcohol motifs (C(OH)–C–C–N with tert-alkyl or cyclic N) is 1. The van der Waals surface area contributed by atoms with Gasteiger partial charge in [0, 0.05) is 36.7 Å². The number of aromatic nitrogens is 1. The smallest absolute Gasteiger partial charge is 0.128 e. The summed E-state index contributed by atoms with van der Waals surface area (Å²) in [5.74, 6) is 1.66. The van der Waals surface area contributed by atoms with E-state index in [0.717, 1.165) is 58.2 Å². The quantitative estimate of drug-likeness (QED) is 0.324. The van der Waals surface area contributed by atoms with Gasteiger partial charge in [-0.1, -0.05) is 31.2 Å². The summed E-state index contributed by atoms with van der Waals surface area (Å²) in [6.07, 6.45) is 3.53. The van der Waals surface area contributed by atoms with Crippen LogP contribution in [-0.2, 0) is 5.60 Å². The van der Waals surface area contributed by atoms with Gasteiger partial charge in [0.1, 0.15) is 24.2 Å². The Kier molecular flexibility index (Phi) is 6.95. The van der Waals surface area contributed by atoms with Crippen LogP contribution < -0.4 is 9.47 Å². The number of benzene rings is 3. The molecule has 35 heavy (non-hydrogen) atoms.